The summed E-state index contributed by atoms with van der Waals surface area (Å²) in [7, 11) is 2.14. The molecular weight excluding hydrogens is 451 g/mol. The van der Waals surface area contributed by atoms with Gasteiger partial charge in [-0.05, 0) is 46.4 Å². The minimum atomic E-state index is -0.832. The maximum Gasteiger partial charge on any atom is 0.240 e. The van der Waals surface area contributed by atoms with Crippen molar-refractivity contribution < 1.29 is 9.18 Å². The lowest BCUT2D eigenvalue weighted by atomic mass is 10.3. The quantitative estimate of drug-likeness (QED) is 0.511. The van der Waals surface area contributed by atoms with Gasteiger partial charge in [0.1, 0.15) is 6.17 Å². The minimum absolute atomic E-state index is 0.331. The van der Waals surface area contributed by atoms with Gasteiger partial charge in [0.05, 0.1) is 30.3 Å². The van der Waals surface area contributed by atoms with Crippen LogP contribution in [0.3, 0.4) is 0 Å². The monoisotopic (exact) mass is 484 g/mol. The number of imidazole rings is 1. The van der Waals surface area contributed by atoms with Crippen molar-refractivity contribution in [3.63, 3.8) is 0 Å². The highest BCUT2D eigenvalue weighted by atomic mass is 19.1. The van der Waals surface area contributed by atoms with E-state index in [2.05, 4.69) is 52.4 Å². The number of alkyl halides is 1. The maximum absolute atomic E-state index is 13.8. The van der Waals surface area contributed by atoms with Gasteiger partial charge in [0, 0.05) is 25.8 Å². The van der Waals surface area contributed by atoms with Gasteiger partial charge in [-0.1, -0.05) is 6.58 Å². The zero-order valence-corrected chi connectivity index (χ0v) is 20.5. The van der Waals surface area contributed by atoms with Crippen molar-refractivity contribution in [2.45, 2.75) is 45.4 Å². The number of nitrogens with two attached hydrogens (primary N) is 1. The van der Waals surface area contributed by atoms with E-state index in [0.717, 1.165) is 49.2 Å². The van der Waals surface area contributed by atoms with E-state index in [1.807, 2.05) is 16.4 Å². The molecule has 2 unspecified atom stereocenters. The van der Waals surface area contributed by atoms with Crippen molar-refractivity contribution in [3.05, 3.63) is 30.9 Å². The molecule has 2 aliphatic rings. The summed E-state index contributed by atoms with van der Waals surface area (Å²) < 4.78 is 17.8. The summed E-state index contributed by atoms with van der Waals surface area (Å²) in [4.78, 5) is 27.7. The van der Waals surface area contributed by atoms with Crippen molar-refractivity contribution in [1.29, 1.82) is 0 Å². The molecule has 5 heterocycles. The summed E-state index contributed by atoms with van der Waals surface area (Å²) >= 11 is 0. The summed E-state index contributed by atoms with van der Waals surface area (Å²) in [5, 5.41) is 8.17. The average Bonchev–Trinajstić information content (AvgIpc) is 3.62. The Balaban J connectivity index is 0.000000527. The number of amides is 1. The number of aromatic nitrogens is 6. The zero-order chi connectivity index (χ0) is 25.1. The van der Waals surface area contributed by atoms with Crippen LogP contribution in [0.5, 0.6) is 0 Å². The first-order chi connectivity index (χ1) is 16.8. The molecule has 0 bridgehead atoms. The van der Waals surface area contributed by atoms with E-state index in [0.29, 0.717) is 42.8 Å². The molecule has 0 spiro atoms. The summed E-state index contributed by atoms with van der Waals surface area (Å²) in [5.41, 5.74) is 7.83. The number of likely N-dealkylation sites (N-methyl/N-ethyl adjacent to an activating group) is 1. The van der Waals surface area contributed by atoms with E-state index >= 15 is 0 Å². The average molecular weight is 485 g/mol. The van der Waals surface area contributed by atoms with Crippen LogP contribution in [0.2, 0.25) is 0 Å². The molecule has 0 saturated carbocycles. The van der Waals surface area contributed by atoms with Crippen LogP contribution < -0.4 is 16.0 Å². The molecular formula is C23H33FN10O. The molecule has 1 amide bonds. The van der Waals surface area contributed by atoms with Crippen LogP contribution in [0.1, 0.15) is 31.5 Å². The predicted octanol–water partition coefficient (Wildman–Crippen LogP) is 2.18. The second kappa shape index (κ2) is 10.4. The van der Waals surface area contributed by atoms with Crippen molar-refractivity contribution in [3.8, 4) is 0 Å². The lowest BCUT2D eigenvalue weighted by Crippen LogP contribution is -2.23. The second-order valence-corrected chi connectivity index (χ2v) is 8.95. The van der Waals surface area contributed by atoms with Crippen LogP contribution in [0.4, 0.5) is 21.8 Å². The van der Waals surface area contributed by atoms with Crippen LogP contribution >= 0.6 is 0 Å². The van der Waals surface area contributed by atoms with Gasteiger partial charge in [-0.2, -0.15) is 15.1 Å². The van der Waals surface area contributed by atoms with E-state index in [9.17, 15) is 9.18 Å². The van der Waals surface area contributed by atoms with Crippen LogP contribution in [0.25, 0.3) is 11.2 Å². The Morgan fingerprint density at radius 1 is 1.31 bits per heavy atom. The molecule has 0 radical (unpaired) electrons. The van der Waals surface area contributed by atoms with E-state index in [1.165, 1.54) is 0 Å². The maximum atomic E-state index is 13.8. The number of halogens is 1. The molecule has 2 aliphatic heterocycles. The number of nitrogens with one attached hydrogen (secondary N) is 1. The summed E-state index contributed by atoms with van der Waals surface area (Å²) in [6.07, 6.45) is 5.66. The number of fused-ring (bicyclic) bond motifs is 1. The fraction of sp³-hybridized carbons (Fsp3) is 0.522. The van der Waals surface area contributed by atoms with Gasteiger partial charge < -0.3 is 25.4 Å². The van der Waals surface area contributed by atoms with Crippen LogP contribution in [0, 0.1) is 6.92 Å². The Morgan fingerprint density at radius 2 is 2.09 bits per heavy atom. The van der Waals surface area contributed by atoms with Gasteiger partial charge in [0.25, 0.3) is 0 Å². The van der Waals surface area contributed by atoms with E-state index in [-0.39, 0.29) is 0 Å². The molecule has 3 aromatic heterocycles. The molecule has 3 N–H and O–H groups in total. The fourth-order valence-corrected chi connectivity index (χ4v) is 4.34. The molecule has 2 saturated heterocycles. The predicted molar refractivity (Wildman–Crippen MR) is 134 cm³/mol. The minimum Gasteiger partial charge on any atom is -0.366 e. The summed E-state index contributed by atoms with van der Waals surface area (Å²) in [5.74, 6) is 0.698. The van der Waals surface area contributed by atoms with Crippen molar-refractivity contribution in [2.24, 2.45) is 5.73 Å². The lowest BCUT2D eigenvalue weighted by molar-refractivity contribution is -0.113. The largest absolute Gasteiger partial charge is 0.366 e. The highest BCUT2D eigenvalue weighted by Gasteiger charge is 2.26. The number of nitrogens with zero attached hydrogens (tertiary/aromatic N) is 8. The first kappa shape index (κ1) is 24.6. The molecule has 2 atom stereocenters. The first-order valence-electron chi connectivity index (χ1n) is 11.8. The van der Waals surface area contributed by atoms with Crippen LogP contribution in [-0.2, 0) is 11.3 Å². The van der Waals surface area contributed by atoms with Crippen LogP contribution in [-0.4, -0.2) is 79.5 Å². The van der Waals surface area contributed by atoms with Gasteiger partial charge in [-0.15, -0.1) is 0 Å². The molecule has 188 valence electrons. The Kier molecular flexibility index (Phi) is 7.29. The van der Waals surface area contributed by atoms with Gasteiger partial charge in [0.2, 0.25) is 11.9 Å². The van der Waals surface area contributed by atoms with Gasteiger partial charge in [-0.25, -0.2) is 9.37 Å². The van der Waals surface area contributed by atoms with E-state index < -0.39 is 12.1 Å². The SMILES string of the molecule is C=CC(N)=O.CCn1cnc2c(Nc3cn(C4CCN(C)C4)nc3C)nc(N3CCC(F)C3)nc21. The molecule has 5 rings (SSSR count). The number of hydrogen-bond donors (Lipinski definition) is 2. The Labute approximate surface area is 203 Å². The fourth-order valence-electron chi connectivity index (χ4n) is 4.34. The molecule has 12 heteroatoms. The lowest BCUT2D eigenvalue weighted by Gasteiger charge is -2.17. The third kappa shape index (κ3) is 5.42. The highest BCUT2D eigenvalue weighted by Crippen LogP contribution is 2.30. The molecule has 35 heavy (non-hydrogen) atoms. The standard InChI is InChI=1S/C20H28FN9.C3H5NO/c1-4-28-12-22-17-18(24-20(25-19(17)28)29-8-5-14(21)9-29)23-16-11-30(26-13(16)2)15-6-7-27(3)10-15;1-2-3(4)5/h11-12,14-15H,4-10H2,1-3H3,(H,23,24,25);2H,1H2,(H2,4,5). The number of rotatable bonds is 6. The molecule has 3 aromatic rings. The van der Waals surface area contributed by atoms with Crippen molar-refractivity contribution in [2.75, 3.05) is 43.4 Å². The Hall–Kier alpha value is -3.54. The summed E-state index contributed by atoms with van der Waals surface area (Å²) in [6, 6.07) is 0.385. The van der Waals surface area contributed by atoms with Gasteiger partial charge in [0.15, 0.2) is 17.0 Å². The number of carbonyl (C=O) groups is 1. The van der Waals surface area contributed by atoms with Gasteiger partial charge >= 0.3 is 0 Å². The van der Waals surface area contributed by atoms with E-state index in [1.54, 1.807) is 6.33 Å². The number of likely N-dealkylation sites (tertiary alicyclic amines) is 1. The summed E-state index contributed by atoms with van der Waals surface area (Å²) in [6.45, 7) is 10.9. The van der Waals surface area contributed by atoms with Gasteiger partial charge in [-0.3, -0.25) is 9.48 Å². The number of anilines is 3. The zero-order valence-electron chi connectivity index (χ0n) is 20.5. The molecule has 0 aliphatic carbocycles. The second-order valence-electron chi connectivity index (χ2n) is 8.95. The van der Waals surface area contributed by atoms with E-state index in [4.69, 9.17) is 15.1 Å². The Bertz CT molecular complexity index is 1200. The molecule has 11 nitrogen and oxygen atoms in total. The molecule has 2 fully saturated rings. The van der Waals surface area contributed by atoms with Crippen molar-refractivity contribution >= 4 is 34.5 Å². The van der Waals surface area contributed by atoms with Crippen LogP contribution in [0.15, 0.2) is 25.2 Å². The van der Waals surface area contributed by atoms with Crippen molar-refractivity contribution in [1.82, 2.24) is 34.2 Å². The first-order valence-corrected chi connectivity index (χ1v) is 11.8. The number of aryl methyl sites for hydroxylation is 2. The normalized spacial score (nSPS) is 20.2. The topological polar surface area (TPSA) is 123 Å². The smallest absolute Gasteiger partial charge is 0.240 e. The molecule has 0 aromatic carbocycles. The number of carbonyl (C=O) groups excluding carboxylic acids is 1. The number of hydrogen-bond acceptors (Lipinski definition) is 8. The highest BCUT2D eigenvalue weighted by molar-refractivity contribution is 5.87. The third-order valence-electron chi connectivity index (χ3n) is 6.32. The number of primary amides is 1. The Morgan fingerprint density at radius 3 is 2.69 bits per heavy atom. The third-order valence-corrected chi connectivity index (χ3v) is 6.32.